The number of benzene rings is 2. The molecule has 106 valence electrons. The average Bonchev–Trinajstić information content (AvgIpc) is 2.41. The first-order valence-electron chi connectivity index (χ1n) is 6.37. The van der Waals surface area contributed by atoms with Crippen molar-refractivity contribution in [3.05, 3.63) is 68.4 Å². The van der Waals surface area contributed by atoms with Crippen LogP contribution < -0.4 is 0 Å². The van der Waals surface area contributed by atoms with E-state index >= 15 is 0 Å². The van der Waals surface area contributed by atoms with Gasteiger partial charge in [0.25, 0.3) is 0 Å². The van der Waals surface area contributed by atoms with Gasteiger partial charge in [-0.15, -0.1) is 0 Å². The van der Waals surface area contributed by atoms with Crippen LogP contribution in [0.3, 0.4) is 0 Å². The van der Waals surface area contributed by atoms with Crippen LogP contribution in [-0.2, 0) is 12.8 Å². The Morgan fingerprint density at radius 1 is 1.00 bits per heavy atom. The van der Waals surface area contributed by atoms with E-state index in [4.69, 9.17) is 0 Å². The molecule has 0 aliphatic rings. The number of hydrogen-bond donors (Lipinski definition) is 1. The largest absolute Gasteiger partial charge is 0.396 e. The van der Waals surface area contributed by atoms with E-state index in [9.17, 15) is 9.50 Å². The first-order valence-corrected chi connectivity index (χ1v) is 7.96. The Kier molecular flexibility index (Phi) is 5.75. The molecule has 20 heavy (non-hydrogen) atoms. The minimum Gasteiger partial charge on any atom is -0.396 e. The fraction of sp³-hybridized carbons (Fsp3) is 0.250. The first-order chi connectivity index (χ1) is 9.58. The number of halogens is 3. The van der Waals surface area contributed by atoms with Gasteiger partial charge in [-0.2, -0.15) is 0 Å². The topological polar surface area (TPSA) is 20.2 Å². The molecule has 4 heteroatoms. The van der Waals surface area contributed by atoms with Crippen LogP contribution in [0.4, 0.5) is 4.39 Å². The second-order valence-electron chi connectivity index (χ2n) is 4.82. The predicted octanol–water partition coefficient (Wildman–Crippen LogP) is 4.74. The van der Waals surface area contributed by atoms with E-state index in [1.165, 1.54) is 6.07 Å². The average molecular weight is 402 g/mol. The van der Waals surface area contributed by atoms with Crippen molar-refractivity contribution in [1.29, 1.82) is 0 Å². The van der Waals surface area contributed by atoms with Gasteiger partial charge in [-0.3, -0.25) is 0 Å². The van der Waals surface area contributed by atoms with Crippen molar-refractivity contribution >= 4 is 31.9 Å². The molecule has 1 atom stereocenters. The molecule has 0 saturated carbocycles. The Labute approximate surface area is 135 Å². The van der Waals surface area contributed by atoms with Crippen LogP contribution in [0, 0.1) is 11.7 Å². The zero-order chi connectivity index (χ0) is 14.5. The molecule has 2 aromatic carbocycles. The normalized spacial score (nSPS) is 12.4. The summed E-state index contributed by atoms with van der Waals surface area (Å²) >= 11 is 6.68. The summed E-state index contributed by atoms with van der Waals surface area (Å²) in [5.74, 6) is -0.216. The summed E-state index contributed by atoms with van der Waals surface area (Å²) in [6.07, 6.45) is 1.26. The van der Waals surface area contributed by atoms with Gasteiger partial charge in [-0.25, -0.2) is 4.39 Å². The van der Waals surface area contributed by atoms with Gasteiger partial charge in [0.2, 0.25) is 0 Å². The molecule has 0 aliphatic carbocycles. The highest BCUT2D eigenvalue weighted by atomic mass is 79.9. The number of hydrogen-bond acceptors (Lipinski definition) is 1. The lowest BCUT2D eigenvalue weighted by molar-refractivity contribution is 0.224. The Hall–Kier alpha value is -0.710. The summed E-state index contributed by atoms with van der Waals surface area (Å²) in [7, 11) is 0. The van der Waals surface area contributed by atoms with Crippen molar-refractivity contribution in [2.45, 2.75) is 12.8 Å². The number of aliphatic hydroxyl groups is 1. The monoisotopic (exact) mass is 400 g/mol. The maximum Gasteiger partial charge on any atom is 0.127 e. The molecule has 2 aromatic rings. The van der Waals surface area contributed by atoms with E-state index in [1.807, 2.05) is 30.3 Å². The van der Waals surface area contributed by atoms with Gasteiger partial charge in [0.15, 0.2) is 0 Å². The van der Waals surface area contributed by atoms with Crippen LogP contribution in [0.15, 0.2) is 51.4 Å². The SMILES string of the molecule is OCC(Cc1cccc(Br)c1)Cc1ccc(Br)cc1F. The predicted molar refractivity (Wildman–Crippen MR) is 86.2 cm³/mol. The van der Waals surface area contributed by atoms with Crippen LogP contribution in [0.2, 0.25) is 0 Å². The summed E-state index contributed by atoms with van der Waals surface area (Å²) in [5.41, 5.74) is 1.78. The highest BCUT2D eigenvalue weighted by molar-refractivity contribution is 9.10. The summed E-state index contributed by atoms with van der Waals surface area (Å²) in [5, 5.41) is 9.52. The van der Waals surface area contributed by atoms with Crippen molar-refractivity contribution in [1.82, 2.24) is 0 Å². The molecule has 0 aliphatic heterocycles. The number of rotatable bonds is 5. The number of aliphatic hydroxyl groups excluding tert-OH is 1. The molecule has 0 radical (unpaired) electrons. The van der Waals surface area contributed by atoms with Crippen molar-refractivity contribution in [3.8, 4) is 0 Å². The Bertz CT molecular complexity index is 586. The van der Waals surface area contributed by atoms with Gasteiger partial charge in [-0.1, -0.05) is 50.1 Å². The molecule has 0 aromatic heterocycles. The molecule has 0 heterocycles. The maximum absolute atomic E-state index is 13.8. The molecule has 0 saturated heterocycles. The van der Waals surface area contributed by atoms with Crippen molar-refractivity contribution < 1.29 is 9.50 Å². The van der Waals surface area contributed by atoms with Crippen molar-refractivity contribution in [3.63, 3.8) is 0 Å². The Morgan fingerprint density at radius 3 is 2.40 bits per heavy atom. The van der Waals surface area contributed by atoms with E-state index in [0.29, 0.717) is 12.0 Å². The summed E-state index contributed by atoms with van der Waals surface area (Å²) < 4.78 is 15.6. The smallest absolute Gasteiger partial charge is 0.127 e. The highest BCUT2D eigenvalue weighted by Gasteiger charge is 2.13. The quantitative estimate of drug-likeness (QED) is 0.766. The van der Waals surface area contributed by atoms with Gasteiger partial charge in [0.1, 0.15) is 5.82 Å². The standard InChI is InChI=1S/C16H15Br2FO/c17-14-3-1-2-11(8-14)6-12(10-20)7-13-4-5-15(18)9-16(13)19/h1-5,8-9,12,20H,6-7,10H2. The second kappa shape index (κ2) is 7.34. The van der Waals surface area contributed by atoms with Crippen LogP contribution in [0.5, 0.6) is 0 Å². The van der Waals surface area contributed by atoms with Gasteiger partial charge in [-0.05, 0) is 54.2 Å². The third kappa shape index (κ3) is 4.40. The van der Waals surface area contributed by atoms with Crippen LogP contribution in [0.1, 0.15) is 11.1 Å². The lowest BCUT2D eigenvalue weighted by Crippen LogP contribution is -2.14. The summed E-state index contributed by atoms with van der Waals surface area (Å²) in [6.45, 7) is 0.0437. The van der Waals surface area contributed by atoms with E-state index in [-0.39, 0.29) is 18.3 Å². The van der Waals surface area contributed by atoms with E-state index in [2.05, 4.69) is 31.9 Å². The minimum absolute atomic E-state index is 0.0139. The zero-order valence-corrected chi connectivity index (χ0v) is 14.0. The minimum atomic E-state index is -0.230. The van der Waals surface area contributed by atoms with Gasteiger partial charge >= 0.3 is 0 Å². The van der Waals surface area contributed by atoms with E-state index < -0.39 is 0 Å². The fourth-order valence-corrected chi connectivity index (χ4v) is 2.98. The van der Waals surface area contributed by atoms with Crippen molar-refractivity contribution in [2.24, 2.45) is 5.92 Å². The molecular formula is C16H15Br2FO. The highest BCUT2D eigenvalue weighted by Crippen LogP contribution is 2.21. The lowest BCUT2D eigenvalue weighted by Gasteiger charge is -2.15. The van der Waals surface area contributed by atoms with Gasteiger partial charge < -0.3 is 5.11 Å². The first kappa shape index (κ1) is 15.7. The van der Waals surface area contributed by atoms with Crippen LogP contribution in [-0.4, -0.2) is 11.7 Å². The maximum atomic E-state index is 13.8. The molecule has 0 bridgehead atoms. The molecule has 2 rings (SSSR count). The molecule has 0 spiro atoms. The van der Waals surface area contributed by atoms with Gasteiger partial charge in [0.05, 0.1) is 0 Å². The molecule has 0 amide bonds. The molecular weight excluding hydrogens is 387 g/mol. The molecule has 0 fully saturated rings. The van der Waals surface area contributed by atoms with E-state index in [1.54, 1.807) is 6.07 Å². The van der Waals surface area contributed by atoms with Crippen LogP contribution >= 0.6 is 31.9 Å². The summed E-state index contributed by atoms with van der Waals surface area (Å²) in [4.78, 5) is 0. The summed E-state index contributed by atoms with van der Waals surface area (Å²) in [6, 6.07) is 13.0. The third-order valence-corrected chi connectivity index (χ3v) is 4.18. The van der Waals surface area contributed by atoms with E-state index in [0.717, 1.165) is 20.9 Å². The molecule has 1 unspecified atom stereocenters. The van der Waals surface area contributed by atoms with Crippen LogP contribution in [0.25, 0.3) is 0 Å². The Balaban J connectivity index is 2.09. The van der Waals surface area contributed by atoms with Gasteiger partial charge in [0, 0.05) is 15.6 Å². The van der Waals surface area contributed by atoms with Crippen molar-refractivity contribution in [2.75, 3.05) is 6.61 Å². The fourth-order valence-electron chi connectivity index (χ4n) is 2.20. The molecule has 1 N–H and O–H groups in total. The molecule has 1 nitrogen and oxygen atoms in total. The lowest BCUT2D eigenvalue weighted by atomic mass is 9.93. The zero-order valence-electron chi connectivity index (χ0n) is 10.8. The second-order valence-corrected chi connectivity index (χ2v) is 6.65. The third-order valence-electron chi connectivity index (χ3n) is 3.20. The Morgan fingerprint density at radius 2 is 1.75 bits per heavy atom.